The molecule has 21 heavy (non-hydrogen) atoms. The zero-order valence-electron chi connectivity index (χ0n) is 12.5. The molecule has 1 aromatic carbocycles. The van der Waals surface area contributed by atoms with Gasteiger partial charge in [0.2, 0.25) is 0 Å². The first-order valence-corrected chi connectivity index (χ1v) is 7.42. The Morgan fingerprint density at radius 1 is 0.905 bits per heavy atom. The van der Waals surface area contributed by atoms with E-state index in [1.54, 1.807) is 7.11 Å². The maximum atomic E-state index is 5.89. The van der Waals surface area contributed by atoms with Crippen molar-refractivity contribution < 1.29 is 18.9 Å². The Balaban J connectivity index is 1.82. The summed E-state index contributed by atoms with van der Waals surface area (Å²) in [5.41, 5.74) is 0.996. The number of rotatable bonds is 13. The Kier molecular flexibility index (Phi) is 11.1. The Labute approximate surface area is 131 Å². The number of methoxy groups -OCH3 is 1. The SMILES string of the molecule is COCCOCCOCCOCCNc1cccc(Cl)c1. The van der Waals surface area contributed by atoms with Gasteiger partial charge in [-0.2, -0.15) is 0 Å². The van der Waals surface area contributed by atoms with E-state index in [0.29, 0.717) is 46.2 Å². The average Bonchev–Trinajstić information content (AvgIpc) is 2.48. The lowest BCUT2D eigenvalue weighted by Crippen LogP contribution is -2.14. The Bertz CT molecular complexity index is 365. The van der Waals surface area contributed by atoms with Gasteiger partial charge in [-0.05, 0) is 18.2 Å². The highest BCUT2D eigenvalue weighted by atomic mass is 35.5. The molecule has 0 radical (unpaired) electrons. The first-order valence-electron chi connectivity index (χ1n) is 7.04. The van der Waals surface area contributed by atoms with Crippen molar-refractivity contribution in [2.45, 2.75) is 0 Å². The monoisotopic (exact) mass is 317 g/mol. The van der Waals surface area contributed by atoms with E-state index >= 15 is 0 Å². The standard InChI is InChI=1S/C15H24ClNO4/c1-18-7-8-20-11-12-21-10-9-19-6-5-17-15-4-2-3-14(16)13-15/h2-4,13,17H,5-12H2,1H3. The van der Waals surface area contributed by atoms with Crippen LogP contribution >= 0.6 is 11.6 Å². The molecule has 1 N–H and O–H groups in total. The van der Waals surface area contributed by atoms with Crippen molar-refractivity contribution in [3.8, 4) is 0 Å². The van der Waals surface area contributed by atoms with Crippen LogP contribution in [0.15, 0.2) is 24.3 Å². The first kappa shape index (κ1) is 18.2. The molecule has 0 saturated heterocycles. The number of hydrogen-bond donors (Lipinski definition) is 1. The predicted octanol–water partition coefficient (Wildman–Crippen LogP) is 2.45. The lowest BCUT2D eigenvalue weighted by Gasteiger charge is -2.08. The molecule has 120 valence electrons. The molecule has 0 amide bonds. The van der Waals surface area contributed by atoms with Gasteiger partial charge in [-0.3, -0.25) is 0 Å². The summed E-state index contributed by atoms with van der Waals surface area (Å²) >= 11 is 5.89. The van der Waals surface area contributed by atoms with Crippen LogP contribution in [-0.4, -0.2) is 59.9 Å². The fraction of sp³-hybridized carbons (Fsp3) is 0.600. The largest absolute Gasteiger partial charge is 0.383 e. The van der Waals surface area contributed by atoms with E-state index in [1.807, 2.05) is 24.3 Å². The van der Waals surface area contributed by atoms with Crippen molar-refractivity contribution in [3.63, 3.8) is 0 Å². The van der Waals surface area contributed by atoms with Gasteiger partial charge in [-0.1, -0.05) is 17.7 Å². The smallest absolute Gasteiger partial charge is 0.0701 e. The second kappa shape index (κ2) is 12.9. The molecule has 0 bridgehead atoms. The second-order valence-electron chi connectivity index (χ2n) is 4.27. The van der Waals surface area contributed by atoms with E-state index in [2.05, 4.69) is 5.32 Å². The maximum absolute atomic E-state index is 5.89. The third-order valence-electron chi connectivity index (χ3n) is 2.58. The predicted molar refractivity (Wildman–Crippen MR) is 84.3 cm³/mol. The van der Waals surface area contributed by atoms with Crippen molar-refractivity contribution in [1.82, 2.24) is 0 Å². The Hall–Kier alpha value is -0.850. The number of anilines is 1. The topological polar surface area (TPSA) is 49.0 Å². The summed E-state index contributed by atoms with van der Waals surface area (Å²) in [7, 11) is 1.65. The van der Waals surface area contributed by atoms with E-state index in [1.165, 1.54) is 0 Å². The Morgan fingerprint density at radius 2 is 1.52 bits per heavy atom. The third kappa shape index (κ3) is 10.5. The van der Waals surface area contributed by atoms with Gasteiger partial charge in [-0.25, -0.2) is 0 Å². The van der Waals surface area contributed by atoms with Crippen LogP contribution in [0.4, 0.5) is 5.69 Å². The van der Waals surface area contributed by atoms with Crippen molar-refractivity contribution in [3.05, 3.63) is 29.3 Å². The fourth-order valence-electron chi connectivity index (χ4n) is 1.55. The number of ether oxygens (including phenoxy) is 4. The van der Waals surface area contributed by atoms with Crippen LogP contribution in [0.5, 0.6) is 0 Å². The van der Waals surface area contributed by atoms with Gasteiger partial charge >= 0.3 is 0 Å². The van der Waals surface area contributed by atoms with Crippen LogP contribution in [0.1, 0.15) is 0 Å². The number of halogens is 1. The zero-order valence-corrected chi connectivity index (χ0v) is 13.2. The minimum absolute atomic E-state index is 0.574. The van der Waals surface area contributed by atoms with Gasteiger partial charge < -0.3 is 24.3 Å². The summed E-state index contributed by atoms with van der Waals surface area (Å²) in [4.78, 5) is 0. The van der Waals surface area contributed by atoms with Gasteiger partial charge in [0.15, 0.2) is 0 Å². The van der Waals surface area contributed by atoms with Crippen molar-refractivity contribution in [2.75, 3.05) is 65.2 Å². The first-order chi connectivity index (χ1) is 10.3. The van der Waals surface area contributed by atoms with Crippen LogP contribution in [0.2, 0.25) is 5.02 Å². The number of benzene rings is 1. The van der Waals surface area contributed by atoms with Crippen LogP contribution in [0.3, 0.4) is 0 Å². The van der Waals surface area contributed by atoms with E-state index < -0.39 is 0 Å². The highest BCUT2D eigenvalue weighted by Crippen LogP contribution is 2.14. The highest BCUT2D eigenvalue weighted by Gasteiger charge is 1.94. The fourth-order valence-corrected chi connectivity index (χ4v) is 1.74. The number of hydrogen-bond acceptors (Lipinski definition) is 5. The molecule has 0 aliphatic heterocycles. The third-order valence-corrected chi connectivity index (χ3v) is 2.81. The summed E-state index contributed by atoms with van der Waals surface area (Å²) in [5.74, 6) is 0. The Morgan fingerprint density at radius 3 is 2.14 bits per heavy atom. The molecule has 0 fully saturated rings. The molecule has 0 atom stereocenters. The zero-order chi connectivity index (χ0) is 15.2. The molecule has 0 unspecified atom stereocenters. The van der Waals surface area contributed by atoms with Crippen LogP contribution in [0, 0.1) is 0 Å². The van der Waals surface area contributed by atoms with E-state index in [4.69, 9.17) is 30.5 Å². The number of nitrogens with one attached hydrogen (secondary N) is 1. The molecule has 1 aromatic rings. The highest BCUT2D eigenvalue weighted by molar-refractivity contribution is 6.30. The van der Waals surface area contributed by atoms with Crippen molar-refractivity contribution >= 4 is 17.3 Å². The summed E-state index contributed by atoms with van der Waals surface area (Å²) in [6.07, 6.45) is 0. The maximum Gasteiger partial charge on any atom is 0.0701 e. The average molecular weight is 318 g/mol. The summed E-state index contributed by atoms with van der Waals surface area (Å²) < 4.78 is 20.9. The lowest BCUT2D eigenvalue weighted by atomic mass is 10.3. The second-order valence-corrected chi connectivity index (χ2v) is 4.70. The van der Waals surface area contributed by atoms with Gasteiger partial charge in [0.05, 0.1) is 46.2 Å². The van der Waals surface area contributed by atoms with Gasteiger partial charge in [0.25, 0.3) is 0 Å². The van der Waals surface area contributed by atoms with Crippen LogP contribution < -0.4 is 5.32 Å². The molecule has 5 nitrogen and oxygen atoms in total. The summed E-state index contributed by atoms with van der Waals surface area (Å²) in [6, 6.07) is 7.61. The lowest BCUT2D eigenvalue weighted by molar-refractivity contribution is 0.00495. The van der Waals surface area contributed by atoms with Crippen molar-refractivity contribution in [2.24, 2.45) is 0 Å². The molecule has 0 spiro atoms. The van der Waals surface area contributed by atoms with Gasteiger partial charge in [0.1, 0.15) is 0 Å². The minimum Gasteiger partial charge on any atom is -0.383 e. The summed E-state index contributed by atoms with van der Waals surface area (Å²) in [6.45, 7) is 4.89. The molecule has 0 heterocycles. The molecular weight excluding hydrogens is 294 g/mol. The minimum atomic E-state index is 0.574. The normalized spacial score (nSPS) is 10.8. The van der Waals surface area contributed by atoms with E-state index in [0.717, 1.165) is 17.3 Å². The van der Waals surface area contributed by atoms with Crippen LogP contribution in [-0.2, 0) is 18.9 Å². The quantitative estimate of drug-likeness (QED) is 0.566. The summed E-state index contributed by atoms with van der Waals surface area (Å²) in [5, 5.41) is 3.96. The van der Waals surface area contributed by atoms with Crippen molar-refractivity contribution in [1.29, 1.82) is 0 Å². The molecule has 6 heteroatoms. The molecule has 0 saturated carbocycles. The molecule has 1 rings (SSSR count). The molecular formula is C15H24ClNO4. The van der Waals surface area contributed by atoms with E-state index in [-0.39, 0.29) is 0 Å². The molecule has 0 aromatic heterocycles. The molecule has 0 aliphatic rings. The van der Waals surface area contributed by atoms with Crippen LogP contribution in [0.25, 0.3) is 0 Å². The molecule has 0 aliphatic carbocycles. The van der Waals surface area contributed by atoms with Gasteiger partial charge in [0, 0.05) is 24.4 Å². The van der Waals surface area contributed by atoms with Gasteiger partial charge in [-0.15, -0.1) is 0 Å². The van der Waals surface area contributed by atoms with E-state index in [9.17, 15) is 0 Å².